The van der Waals surface area contributed by atoms with Crippen molar-refractivity contribution in [1.29, 1.82) is 0 Å². The summed E-state index contributed by atoms with van der Waals surface area (Å²) >= 11 is 0. The van der Waals surface area contributed by atoms with Gasteiger partial charge >= 0.3 is 0 Å². The van der Waals surface area contributed by atoms with Gasteiger partial charge in [-0.15, -0.1) is 0 Å². The number of hydrogen-bond acceptors (Lipinski definition) is 9. The van der Waals surface area contributed by atoms with Crippen LogP contribution in [0.1, 0.15) is 19.3 Å². The van der Waals surface area contributed by atoms with E-state index in [0.717, 1.165) is 19.3 Å². The molecular formula is C18H41N3O6. The molecule has 27 heavy (non-hydrogen) atoms. The maximum atomic E-state index is 5.79. The lowest BCUT2D eigenvalue weighted by Crippen LogP contribution is -2.29. The molecule has 0 aliphatic rings. The molecule has 6 N–H and O–H groups in total. The third kappa shape index (κ3) is 21.8. The van der Waals surface area contributed by atoms with Crippen LogP contribution in [-0.4, -0.2) is 98.4 Å². The minimum Gasteiger partial charge on any atom is -0.379 e. The first-order chi connectivity index (χ1) is 13.3. The third-order valence-corrected chi connectivity index (χ3v) is 3.41. The van der Waals surface area contributed by atoms with E-state index in [-0.39, 0.29) is 6.10 Å². The smallest absolute Gasteiger partial charge is 0.104 e. The Kier molecular flexibility index (Phi) is 23.4. The molecule has 0 heterocycles. The Morgan fingerprint density at radius 1 is 0.444 bits per heavy atom. The van der Waals surface area contributed by atoms with E-state index in [0.29, 0.717) is 92.3 Å². The van der Waals surface area contributed by atoms with E-state index in [9.17, 15) is 0 Å². The minimum absolute atomic E-state index is 0.156. The summed E-state index contributed by atoms with van der Waals surface area (Å²) in [6.45, 7) is 7.89. The lowest BCUT2D eigenvalue weighted by molar-refractivity contribution is -0.0832. The van der Waals surface area contributed by atoms with Gasteiger partial charge in [0.1, 0.15) is 6.10 Å². The second-order valence-corrected chi connectivity index (χ2v) is 5.91. The summed E-state index contributed by atoms with van der Waals surface area (Å²) in [6.07, 6.45) is 2.41. The molecule has 0 saturated heterocycles. The van der Waals surface area contributed by atoms with Crippen LogP contribution < -0.4 is 17.2 Å². The Morgan fingerprint density at radius 2 is 0.815 bits per heavy atom. The summed E-state index contributed by atoms with van der Waals surface area (Å²) in [4.78, 5) is 0. The first-order valence-electron chi connectivity index (χ1n) is 9.95. The number of ether oxygens (including phenoxy) is 6. The van der Waals surface area contributed by atoms with Crippen LogP contribution in [0.25, 0.3) is 0 Å². The van der Waals surface area contributed by atoms with Gasteiger partial charge in [0.05, 0.1) is 52.9 Å². The van der Waals surface area contributed by atoms with Gasteiger partial charge in [-0.25, -0.2) is 0 Å². The molecule has 9 nitrogen and oxygen atoms in total. The van der Waals surface area contributed by atoms with E-state index in [1.165, 1.54) is 0 Å². The number of rotatable bonds is 23. The highest BCUT2D eigenvalue weighted by atomic mass is 16.6. The van der Waals surface area contributed by atoms with Gasteiger partial charge in [-0.2, -0.15) is 0 Å². The Bertz CT molecular complexity index is 259. The molecule has 0 atom stereocenters. The van der Waals surface area contributed by atoms with Crippen molar-refractivity contribution >= 4 is 0 Å². The van der Waals surface area contributed by atoms with Crippen LogP contribution >= 0.6 is 0 Å². The van der Waals surface area contributed by atoms with E-state index in [4.69, 9.17) is 45.6 Å². The Balaban J connectivity index is 3.78. The van der Waals surface area contributed by atoms with Crippen LogP contribution in [0, 0.1) is 0 Å². The standard InChI is InChI=1S/C18H41N3O6/c19-4-1-7-22-10-12-25-16-18(27-15-14-24-9-3-6-21)17-26-13-11-23-8-2-5-20/h18H,1-17,19-21H2. The fourth-order valence-electron chi connectivity index (χ4n) is 1.95. The molecule has 0 radical (unpaired) electrons. The predicted octanol–water partition coefficient (Wildman–Crippen LogP) is -0.499. The summed E-state index contributed by atoms with van der Waals surface area (Å²) in [5, 5.41) is 0. The molecule has 164 valence electrons. The third-order valence-electron chi connectivity index (χ3n) is 3.41. The van der Waals surface area contributed by atoms with Crippen molar-refractivity contribution in [1.82, 2.24) is 0 Å². The lowest BCUT2D eigenvalue weighted by Gasteiger charge is -2.18. The summed E-state index contributed by atoms with van der Waals surface area (Å²) in [5.74, 6) is 0. The van der Waals surface area contributed by atoms with E-state index in [1.54, 1.807) is 0 Å². The SMILES string of the molecule is NCCCOCCOCC(COCCOCCCN)OCCOCCCN. The van der Waals surface area contributed by atoms with Crippen molar-refractivity contribution in [2.75, 3.05) is 92.3 Å². The number of hydrogen-bond donors (Lipinski definition) is 3. The van der Waals surface area contributed by atoms with Gasteiger partial charge < -0.3 is 45.6 Å². The van der Waals surface area contributed by atoms with Crippen molar-refractivity contribution < 1.29 is 28.4 Å². The maximum Gasteiger partial charge on any atom is 0.104 e. The molecule has 9 heteroatoms. The van der Waals surface area contributed by atoms with Crippen LogP contribution in [0.4, 0.5) is 0 Å². The largest absolute Gasteiger partial charge is 0.379 e. The van der Waals surface area contributed by atoms with Crippen LogP contribution in [0.5, 0.6) is 0 Å². The zero-order valence-corrected chi connectivity index (χ0v) is 16.8. The Morgan fingerprint density at radius 3 is 1.22 bits per heavy atom. The molecule has 0 aliphatic carbocycles. The van der Waals surface area contributed by atoms with E-state index >= 15 is 0 Å². The first-order valence-corrected chi connectivity index (χ1v) is 9.95. The molecule has 0 spiro atoms. The molecule has 0 aromatic rings. The van der Waals surface area contributed by atoms with Crippen LogP contribution in [0.2, 0.25) is 0 Å². The maximum absolute atomic E-state index is 5.79. The molecule has 0 saturated carbocycles. The van der Waals surface area contributed by atoms with Crippen molar-refractivity contribution in [2.45, 2.75) is 25.4 Å². The zero-order valence-electron chi connectivity index (χ0n) is 16.8. The minimum atomic E-state index is -0.156. The summed E-state index contributed by atoms with van der Waals surface area (Å²) in [6, 6.07) is 0. The van der Waals surface area contributed by atoms with E-state index in [1.807, 2.05) is 0 Å². The quantitative estimate of drug-likeness (QED) is 0.196. The van der Waals surface area contributed by atoms with Crippen molar-refractivity contribution in [3.05, 3.63) is 0 Å². The second-order valence-electron chi connectivity index (χ2n) is 5.91. The van der Waals surface area contributed by atoms with Gasteiger partial charge in [-0.05, 0) is 38.9 Å². The van der Waals surface area contributed by atoms with Crippen LogP contribution in [0.15, 0.2) is 0 Å². The lowest BCUT2D eigenvalue weighted by atomic mass is 10.4. The highest BCUT2D eigenvalue weighted by Crippen LogP contribution is 1.97. The molecule has 0 aliphatic heterocycles. The molecule has 0 rings (SSSR count). The topological polar surface area (TPSA) is 133 Å². The average molecular weight is 396 g/mol. The van der Waals surface area contributed by atoms with Gasteiger partial charge in [0.15, 0.2) is 0 Å². The predicted molar refractivity (Wildman–Crippen MR) is 105 cm³/mol. The van der Waals surface area contributed by atoms with Gasteiger partial charge in [0.2, 0.25) is 0 Å². The highest BCUT2D eigenvalue weighted by Gasteiger charge is 2.10. The van der Waals surface area contributed by atoms with Crippen LogP contribution in [0.3, 0.4) is 0 Å². The monoisotopic (exact) mass is 395 g/mol. The molecule has 0 fully saturated rings. The zero-order chi connectivity index (χ0) is 19.8. The molecule has 0 bridgehead atoms. The van der Waals surface area contributed by atoms with Crippen molar-refractivity contribution in [3.8, 4) is 0 Å². The fraction of sp³-hybridized carbons (Fsp3) is 1.00. The Hall–Kier alpha value is -0.360. The average Bonchev–Trinajstić information content (AvgIpc) is 2.68. The molecule has 0 unspecified atom stereocenters. The Labute approximate surface area is 164 Å². The molecular weight excluding hydrogens is 354 g/mol. The summed E-state index contributed by atoms with van der Waals surface area (Å²) in [5.41, 5.74) is 16.3. The van der Waals surface area contributed by atoms with Crippen LogP contribution in [-0.2, 0) is 28.4 Å². The normalized spacial score (nSPS) is 11.6. The van der Waals surface area contributed by atoms with Gasteiger partial charge in [-0.3, -0.25) is 0 Å². The van der Waals surface area contributed by atoms with Gasteiger partial charge in [0.25, 0.3) is 0 Å². The molecule has 0 amide bonds. The van der Waals surface area contributed by atoms with E-state index in [2.05, 4.69) is 0 Å². The first kappa shape index (κ1) is 26.6. The second kappa shape index (κ2) is 23.7. The highest BCUT2D eigenvalue weighted by molar-refractivity contribution is 4.56. The van der Waals surface area contributed by atoms with E-state index < -0.39 is 0 Å². The number of nitrogens with two attached hydrogens (primary N) is 3. The molecule has 0 aromatic heterocycles. The van der Waals surface area contributed by atoms with Crippen molar-refractivity contribution in [3.63, 3.8) is 0 Å². The van der Waals surface area contributed by atoms with Gasteiger partial charge in [-0.1, -0.05) is 0 Å². The summed E-state index contributed by atoms with van der Waals surface area (Å²) < 4.78 is 33.3. The fourth-order valence-corrected chi connectivity index (χ4v) is 1.95. The molecule has 0 aromatic carbocycles. The summed E-state index contributed by atoms with van der Waals surface area (Å²) in [7, 11) is 0. The van der Waals surface area contributed by atoms with Crippen molar-refractivity contribution in [2.24, 2.45) is 17.2 Å². The van der Waals surface area contributed by atoms with Gasteiger partial charge in [0, 0.05) is 19.8 Å².